The molecule has 0 saturated carbocycles. The molecule has 232 valence electrons. The maximum absolute atomic E-state index is 13.7. The maximum Gasteiger partial charge on any atom is 0.326 e. The van der Waals surface area contributed by atoms with E-state index in [1.807, 2.05) is 48.5 Å². The molecule has 2 aromatic heterocycles. The van der Waals surface area contributed by atoms with Crippen molar-refractivity contribution in [3.8, 4) is 0 Å². The van der Waals surface area contributed by atoms with Crippen LogP contribution in [0.4, 0.5) is 0 Å². The summed E-state index contributed by atoms with van der Waals surface area (Å²) in [7, 11) is 0. The quantitative estimate of drug-likeness (QED) is 0.0853. The predicted octanol–water partition coefficient (Wildman–Crippen LogP) is 0.496. The fourth-order valence-corrected chi connectivity index (χ4v) is 5.08. The van der Waals surface area contributed by atoms with Gasteiger partial charge in [-0.3, -0.25) is 19.2 Å². The normalized spacial score (nSPS) is 14.0. The molecular formula is C30H35N7O6S. The minimum absolute atomic E-state index is 0.00630. The summed E-state index contributed by atoms with van der Waals surface area (Å²) in [5, 5.41) is 19.4. The molecule has 0 fully saturated rings. The Labute approximate surface area is 257 Å². The molecule has 0 aliphatic heterocycles. The van der Waals surface area contributed by atoms with Crippen LogP contribution < -0.4 is 27.4 Å². The van der Waals surface area contributed by atoms with E-state index in [0.717, 1.165) is 21.8 Å². The third-order valence-corrected chi connectivity index (χ3v) is 7.68. The van der Waals surface area contributed by atoms with Gasteiger partial charge in [0, 0.05) is 59.2 Å². The van der Waals surface area contributed by atoms with E-state index in [1.54, 1.807) is 12.4 Å². The van der Waals surface area contributed by atoms with Gasteiger partial charge < -0.3 is 42.5 Å². The highest BCUT2D eigenvalue weighted by Gasteiger charge is 2.31. The van der Waals surface area contributed by atoms with Crippen molar-refractivity contribution in [1.82, 2.24) is 25.9 Å². The summed E-state index contributed by atoms with van der Waals surface area (Å²) in [6.45, 7) is 0. The lowest BCUT2D eigenvalue weighted by Crippen LogP contribution is -2.58. The lowest BCUT2D eigenvalue weighted by Gasteiger charge is -2.25. The Bertz CT molecular complexity index is 1670. The van der Waals surface area contributed by atoms with Crippen LogP contribution in [0.3, 0.4) is 0 Å². The molecule has 14 heteroatoms. The van der Waals surface area contributed by atoms with Crippen molar-refractivity contribution in [2.45, 2.75) is 49.9 Å². The largest absolute Gasteiger partial charge is 0.480 e. The van der Waals surface area contributed by atoms with Gasteiger partial charge in [-0.1, -0.05) is 36.4 Å². The van der Waals surface area contributed by atoms with E-state index in [0.29, 0.717) is 11.1 Å². The zero-order chi connectivity index (χ0) is 31.8. The number of hydrogen-bond donors (Lipinski definition) is 9. The zero-order valence-electron chi connectivity index (χ0n) is 23.7. The third kappa shape index (κ3) is 7.96. The number of nitrogens with two attached hydrogens (primary N) is 2. The molecule has 2 heterocycles. The second-order valence-corrected chi connectivity index (χ2v) is 10.8. The molecule has 0 aliphatic rings. The molecule has 4 aromatic rings. The van der Waals surface area contributed by atoms with Gasteiger partial charge in [-0.2, -0.15) is 12.6 Å². The standard InChI is InChI=1S/C30H35N7O6S/c31-20(15-44)27(39)35-23(9-10-26(32)38)28(40)36-24(11-16-13-33-21-7-3-1-5-18(16)21)29(41)37-25(30(42)43)12-17-14-34-22-8-4-2-6-19(17)22/h1-8,13-14,20,23-25,33-34,44H,9-12,15,31H2,(H2,32,38)(H,35,39)(H,36,40)(H,37,41)(H,42,43). The van der Waals surface area contributed by atoms with Gasteiger partial charge in [0.2, 0.25) is 23.6 Å². The average molecular weight is 622 g/mol. The van der Waals surface area contributed by atoms with Crippen molar-refractivity contribution < 1.29 is 29.1 Å². The predicted molar refractivity (Wildman–Crippen MR) is 168 cm³/mol. The summed E-state index contributed by atoms with van der Waals surface area (Å²) in [6.07, 6.45) is 3.01. The van der Waals surface area contributed by atoms with Crippen LogP contribution in [0.15, 0.2) is 60.9 Å². The Morgan fingerprint density at radius 1 is 0.750 bits per heavy atom. The minimum atomic E-state index is -1.32. The van der Waals surface area contributed by atoms with Gasteiger partial charge in [-0.25, -0.2) is 4.79 Å². The van der Waals surface area contributed by atoms with Gasteiger partial charge in [0.25, 0.3) is 0 Å². The van der Waals surface area contributed by atoms with Crippen LogP contribution in [0, 0.1) is 0 Å². The van der Waals surface area contributed by atoms with Gasteiger partial charge in [-0.15, -0.1) is 0 Å². The van der Waals surface area contributed by atoms with Crippen LogP contribution in [0.5, 0.6) is 0 Å². The molecule has 0 spiro atoms. The number of carbonyl (C=O) groups is 5. The first kappa shape index (κ1) is 32.1. The van der Waals surface area contributed by atoms with Crippen molar-refractivity contribution in [3.63, 3.8) is 0 Å². The second kappa shape index (κ2) is 14.6. The first-order chi connectivity index (χ1) is 21.1. The van der Waals surface area contributed by atoms with Crippen molar-refractivity contribution >= 4 is 64.0 Å². The number of aromatic amines is 2. The molecule has 44 heavy (non-hydrogen) atoms. The molecule has 4 rings (SSSR count). The fourth-order valence-electron chi connectivity index (χ4n) is 4.91. The Hall–Kier alpha value is -4.82. The van der Waals surface area contributed by atoms with Crippen LogP contribution in [-0.2, 0) is 36.8 Å². The number of H-pyrrole nitrogens is 2. The van der Waals surface area contributed by atoms with Gasteiger partial charge >= 0.3 is 5.97 Å². The lowest BCUT2D eigenvalue weighted by atomic mass is 10.0. The summed E-state index contributed by atoms with van der Waals surface area (Å²) >= 11 is 4.01. The number of thiol groups is 1. The Kier molecular flexibility index (Phi) is 10.6. The van der Waals surface area contributed by atoms with Gasteiger partial charge in [-0.05, 0) is 29.7 Å². The Morgan fingerprint density at radius 3 is 1.75 bits per heavy atom. The summed E-state index contributed by atoms with van der Waals surface area (Å²) in [5.74, 6) is -4.13. The number of para-hydroxylation sites is 2. The number of amides is 4. The monoisotopic (exact) mass is 621 g/mol. The van der Waals surface area contributed by atoms with E-state index in [1.165, 1.54) is 0 Å². The lowest BCUT2D eigenvalue weighted by molar-refractivity contribution is -0.142. The van der Waals surface area contributed by atoms with Crippen molar-refractivity contribution in [1.29, 1.82) is 0 Å². The topological polar surface area (TPSA) is 225 Å². The summed E-state index contributed by atoms with van der Waals surface area (Å²) in [6, 6.07) is 9.93. The van der Waals surface area contributed by atoms with E-state index >= 15 is 0 Å². The molecule has 4 amide bonds. The van der Waals surface area contributed by atoms with Crippen molar-refractivity contribution in [3.05, 3.63) is 72.1 Å². The third-order valence-electron chi connectivity index (χ3n) is 7.29. The first-order valence-corrected chi connectivity index (χ1v) is 14.6. The summed E-state index contributed by atoms with van der Waals surface area (Å²) in [4.78, 5) is 69.7. The number of primary amides is 1. The molecule has 4 unspecified atom stereocenters. The second-order valence-electron chi connectivity index (χ2n) is 10.4. The van der Waals surface area contributed by atoms with Gasteiger partial charge in [0.15, 0.2) is 0 Å². The van der Waals surface area contributed by atoms with Gasteiger partial charge in [0.1, 0.15) is 18.1 Å². The summed E-state index contributed by atoms with van der Waals surface area (Å²) < 4.78 is 0. The SMILES string of the molecule is NC(=O)CCC(NC(=O)C(N)CS)C(=O)NC(Cc1c[nH]c2ccccc12)C(=O)NC(Cc1c[nH]c2ccccc12)C(=O)O. The highest BCUT2D eigenvalue weighted by atomic mass is 32.1. The van der Waals surface area contributed by atoms with Gasteiger partial charge in [0.05, 0.1) is 6.04 Å². The van der Waals surface area contributed by atoms with Crippen LogP contribution in [0.2, 0.25) is 0 Å². The highest BCUT2D eigenvalue weighted by Crippen LogP contribution is 2.21. The number of nitrogens with one attached hydrogen (secondary N) is 5. The number of hydrogen-bond acceptors (Lipinski definition) is 7. The Morgan fingerprint density at radius 2 is 1.23 bits per heavy atom. The number of aliphatic carboxylic acids is 1. The molecule has 0 saturated heterocycles. The molecule has 10 N–H and O–H groups in total. The maximum atomic E-state index is 13.7. The van der Waals surface area contributed by atoms with Crippen LogP contribution in [0.1, 0.15) is 24.0 Å². The fraction of sp³-hybridized carbons (Fsp3) is 0.300. The first-order valence-electron chi connectivity index (χ1n) is 14.0. The number of carboxylic acids is 1. The number of carboxylic acid groups (broad SMARTS) is 1. The van der Waals surface area contributed by atoms with E-state index < -0.39 is 53.8 Å². The van der Waals surface area contributed by atoms with E-state index in [9.17, 15) is 29.1 Å². The summed E-state index contributed by atoms with van der Waals surface area (Å²) in [5.41, 5.74) is 14.0. The molecular weight excluding hydrogens is 586 g/mol. The average Bonchev–Trinajstić information content (AvgIpc) is 3.61. The number of benzene rings is 2. The molecule has 0 radical (unpaired) electrons. The smallest absolute Gasteiger partial charge is 0.326 e. The zero-order valence-corrected chi connectivity index (χ0v) is 24.6. The van der Waals surface area contributed by atoms with Crippen LogP contribution >= 0.6 is 12.6 Å². The molecule has 0 bridgehead atoms. The molecule has 4 atom stereocenters. The number of carbonyl (C=O) groups excluding carboxylic acids is 4. The number of rotatable bonds is 15. The number of fused-ring (bicyclic) bond motifs is 2. The molecule has 2 aromatic carbocycles. The Balaban J connectivity index is 1.59. The van der Waals surface area contributed by atoms with Crippen LogP contribution in [0.25, 0.3) is 21.8 Å². The highest BCUT2D eigenvalue weighted by molar-refractivity contribution is 7.80. The molecule has 13 nitrogen and oxygen atoms in total. The molecule has 0 aliphatic carbocycles. The minimum Gasteiger partial charge on any atom is -0.480 e. The van der Waals surface area contributed by atoms with E-state index in [4.69, 9.17) is 11.5 Å². The van der Waals surface area contributed by atoms with E-state index in [2.05, 4.69) is 38.5 Å². The van der Waals surface area contributed by atoms with Crippen LogP contribution in [-0.4, -0.2) is 74.6 Å². The van der Waals surface area contributed by atoms with E-state index in [-0.39, 0.29) is 31.4 Å². The van der Waals surface area contributed by atoms with Crippen molar-refractivity contribution in [2.75, 3.05) is 5.75 Å². The van der Waals surface area contributed by atoms with Crippen molar-refractivity contribution in [2.24, 2.45) is 11.5 Å². The number of aromatic nitrogens is 2.